The van der Waals surface area contributed by atoms with Crippen molar-refractivity contribution in [2.45, 2.75) is 53.1 Å². The summed E-state index contributed by atoms with van der Waals surface area (Å²) in [7, 11) is 0. The zero-order valence-corrected chi connectivity index (χ0v) is 13.4. The lowest BCUT2D eigenvalue weighted by atomic mass is 9.99. The molecule has 7 nitrogen and oxygen atoms in total. The molecule has 0 bridgehead atoms. The number of aliphatic carboxylic acids is 1. The van der Waals surface area contributed by atoms with Gasteiger partial charge in [-0.25, -0.2) is 9.59 Å². The molecule has 7 heteroatoms. The maximum absolute atomic E-state index is 11.8. The van der Waals surface area contributed by atoms with Crippen molar-refractivity contribution in [2.75, 3.05) is 6.54 Å². The minimum absolute atomic E-state index is 0.196. The summed E-state index contributed by atoms with van der Waals surface area (Å²) in [6.07, 6.45) is 0.627. The Kier molecular flexibility index (Phi) is 8.42. The molecule has 0 aliphatic heterocycles. The molecule has 122 valence electrons. The predicted molar refractivity (Wildman–Crippen MR) is 79.9 cm³/mol. The summed E-state index contributed by atoms with van der Waals surface area (Å²) >= 11 is 0. The lowest BCUT2D eigenvalue weighted by molar-refractivity contribution is -0.140. The first kappa shape index (κ1) is 19.2. The second-order valence-corrected chi connectivity index (χ2v) is 5.68. The summed E-state index contributed by atoms with van der Waals surface area (Å²) in [6.45, 7) is 9.61. The van der Waals surface area contributed by atoms with Crippen LogP contribution in [0.5, 0.6) is 0 Å². The van der Waals surface area contributed by atoms with Gasteiger partial charge in [-0.2, -0.15) is 0 Å². The first-order valence-corrected chi connectivity index (χ1v) is 7.26. The number of amides is 3. The molecule has 0 aliphatic rings. The van der Waals surface area contributed by atoms with E-state index in [1.54, 1.807) is 13.8 Å². The zero-order chi connectivity index (χ0) is 16.6. The number of carboxylic acid groups (broad SMARTS) is 1. The second-order valence-electron chi connectivity index (χ2n) is 5.68. The molecular formula is C14H27N3O4. The Morgan fingerprint density at radius 1 is 1.05 bits per heavy atom. The number of hydrogen-bond donors (Lipinski definition) is 4. The van der Waals surface area contributed by atoms with Crippen molar-refractivity contribution in [3.8, 4) is 0 Å². The van der Waals surface area contributed by atoms with Gasteiger partial charge >= 0.3 is 12.0 Å². The van der Waals surface area contributed by atoms with Gasteiger partial charge in [0.2, 0.25) is 5.91 Å². The summed E-state index contributed by atoms with van der Waals surface area (Å²) < 4.78 is 0. The molecule has 3 amide bonds. The number of hydrogen-bond acceptors (Lipinski definition) is 3. The first-order chi connectivity index (χ1) is 9.68. The summed E-state index contributed by atoms with van der Waals surface area (Å²) in [6, 6.07) is -2.36. The molecule has 0 saturated heterocycles. The normalized spacial score (nSPS) is 15.0. The summed E-state index contributed by atoms with van der Waals surface area (Å²) in [5.41, 5.74) is 0. The molecule has 3 unspecified atom stereocenters. The van der Waals surface area contributed by atoms with Crippen LogP contribution in [0.25, 0.3) is 0 Å². The molecule has 0 spiro atoms. The fraction of sp³-hybridized carbons (Fsp3) is 0.786. The third-order valence-electron chi connectivity index (χ3n) is 3.19. The fourth-order valence-corrected chi connectivity index (χ4v) is 1.59. The SMILES string of the molecule is CCC(C)C(NC(=O)NC(C)C(=O)NCC(C)C)C(=O)O. The van der Waals surface area contributed by atoms with Gasteiger partial charge in [0.1, 0.15) is 12.1 Å². The van der Waals surface area contributed by atoms with Gasteiger partial charge in [-0.05, 0) is 18.8 Å². The zero-order valence-electron chi connectivity index (χ0n) is 13.4. The molecule has 0 saturated carbocycles. The van der Waals surface area contributed by atoms with Gasteiger partial charge < -0.3 is 21.1 Å². The molecule has 0 aromatic heterocycles. The highest BCUT2D eigenvalue weighted by Gasteiger charge is 2.26. The van der Waals surface area contributed by atoms with Gasteiger partial charge in [0.15, 0.2) is 0 Å². The van der Waals surface area contributed by atoms with Crippen LogP contribution in [0.4, 0.5) is 4.79 Å². The largest absolute Gasteiger partial charge is 0.480 e. The molecule has 0 aromatic carbocycles. The number of urea groups is 1. The van der Waals surface area contributed by atoms with E-state index in [0.29, 0.717) is 18.9 Å². The fourth-order valence-electron chi connectivity index (χ4n) is 1.59. The van der Waals surface area contributed by atoms with Gasteiger partial charge in [0.25, 0.3) is 0 Å². The van der Waals surface area contributed by atoms with Crippen molar-refractivity contribution in [1.29, 1.82) is 0 Å². The minimum atomic E-state index is -1.09. The van der Waals surface area contributed by atoms with E-state index in [-0.39, 0.29) is 11.8 Å². The minimum Gasteiger partial charge on any atom is -0.480 e. The van der Waals surface area contributed by atoms with Crippen LogP contribution in [0.1, 0.15) is 41.0 Å². The Balaban J connectivity index is 4.40. The van der Waals surface area contributed by atoms with Gasteiger partial charge in [-0.3, -0.25) is 4.79 Å². The average Bonchev–Trinajstić information content (AvgIpc) is 2.40. The average molecular weight is 301 g/mol. The van der Waals surface area contributed by atoms with Crippen molar-refractivity contribution in [3.05, 3.63) is 0 Å². The van der Waals surface area contributed by atoms with Crippen LogP contribution >= 0.6 is 0 Å². The van der Waals surface area contributed by atoms with E-state index in [1.165, 1.54) is 0 Å². The highest BCUT2D eigenvalue weighted by atomic mass is 16.4. The predicted octanol–water partition coefficient (Wildman–Crippen LogP) is 0.946. The van der Waals surface area contributed by atoms with Crippen LogP contribution in [0, 0.1) is 11.8 Å². The number of carbonyl (C=O) groups excluding carboxylic acids is 2. The highest BCUT2D eigenvalue weighted by Crippen LogP contribution is 2.07. The molecule has 0 radical (unpaired) electrons. The van der Waals surface area contributed by atoms with Crippen LogP contribution in [0.15, 0.2) is 0 Å². The molecule has 21 heavy (non-hydrogen) atoms. The van der Waals surface area contributed by atoms with Crippen molar-refractivity contribution in [1.82, 2.24) is 16.0 Å². The van der Waals surface area contributed by atoms with Gasteiger partial charge in [-0.15, -0.1) is 0 Å². The Morgan fingerprint density at radius 3 is 2.05 bits per heavy atom. The third kappa shape index (κ3) is 7.53. The quantitative estimate of drug-likeness (QED) is 0.535. The van der Waals surface area contributed by atoms with Crippen molar-refractivity contribution >= 4 is 17.9 Å². The number of nitrogens with one attached hydrogen (secondary N) is 3. The third-order valence-corrected chi connectivity index (χ3v) is 3.19. The maximum atomic E-state index is 11.8. The highest BCUT2D eigenvalue weighted by molar-refractivity contribution is 5.88. The molecule has 0 aliphatic carbocycles. The van der Waals surface area contributed by atoms with E-state index < -0.39 is 24.1 Å². The van der Waals surface area contributed by atoms with Crippen LogP contribution < -0.4 is 16.0 Å². The molecule has 0 heterocycles. The van der Waals surface area contributed by atoms with Crippen molar-refractivity contribution in [3.63, 3.8) is 0 Å². The van der Waals surface area contributed by atoms with E-state index in [4.69, 9.17) is 5.11 Å². The van der Waals surface area contributed by atoms with Crippen LogP contribution in [-0.2, 0) is 9.59 Å². The Morgan fingerprint density at radius 2 is 1.62 bits per heavy atom. The summed E-state index contributed by atoms with van der Waals surface area (Å²) in [5, 5.41) is 16.6. The summed E-state index contributed by atoms with van der Waals surface area (Å²) in [5.74, 6) is -1.26. The lowest BCUT2D eigenvalue weighted by Crippen LogP contribution is -2.54. The number of carbonyl (C=O) groups is 3. The van der Waals surface area contributed by atoms with Crippen LogP contribution in [0.3, 0.4) is 0 Å². The molecular weight excluding hydrogens is 274 g/mol. The molecule has 0 rings (SSSR count). The molecule has 0 fully saturated rings. The van der Waals surface area contributed by atoms with E-state index in [1.807, 2.05) is 20.8 Å². The summed E-state index contributed by atoms with van der Waals surface area (Å²) in [4.78, 5) is 34.6. The van der Waals surface area contributed by atoms with Crippen LogP contribution in [-0.4, -0.2) is 41.6 Å². The second kappa shape index (κ2) is 9.20. The molecule has 4 N–H and O–H groups in total. The Bertz CT molecular complexity index is 371. The smallest absolute Gasteiger partial charge is 0.326 e. The van der Waals surface area contributed by atoms with Crippen molar-refractivity contribution < 1.29 is 19.5 Å². The van der Waals surface area contributed by atoms with Crippen molar-refractivity contribution in [2.24, 2.45) is 11.8 Å². The van der Waals surface area contributed by atoms with Gasteiger partial charge in [0, 0.05) is 6.54 Å². The van der Waals surface area contributed by atoms with E-state index in [0.717, 1.165) is 0 Å². The Hall–Kier alpha value is -1.79. The van der Waals surface area contributed by atoms with E-state index in [2.05, 4.69) is 16.0 Å². The molecule has 0 aromatic rings. The lowest BCUT2D eigenvalue weighted by Gasteiger charge is -2.22. The van der Waals surface area contributed by atoms with E-state index >= 15 is 0 Å². The number of carboxylic acids is 1. The Labute approximate surface area is 125 Å². The van der Waals surface area contributed by atoms with Gasteiger partial charge in [-0.1, -0.05) is 34.1 Å². The maximum Gasteiger partial charge on any atom is 0.326 e. The molecule has 3 atom stereocenters. The van der Waals surface area contributed by atoms with Crippen LogP contribution in [0.2, 0.25) is 0 Å². The first-order valence-electron chi connectivity index (χ1n) is 7.26. The van der Waals surface area contributed by atoms with Gasteiger partial charge in [0.05, 0.1) is 0 Å². The topological polar surface area (TPSA) is 108 Å². The standard InChI is InChI=1S/C14H27N3O4/c1-6-9(4)11(13(19)20)17-14(21)16-10(5)12(18)15-7-8(2)3/h8-11H,6-7H2,1-5H3,(H,15,18)(H,19,20)(H2,16,17,21). The van der Waals surface area contributed by atoms with E-state index in [9.17, 15) is 14.4 Å². The monoisotopic (exact) mass is 301 g/mol. The number of rotatable bonds is 8.